The van der Waals surface area contributed by atoms with Gasteiger partial charge in [0.25, 0.3) is 0 Å². The lowest BCUT2D eigenvalue weighted by Gasteiger charge is -2.24. The Morgan fingerprint density at radius 3 is 2.45 bits per heavy atom. The van der Waals surface area contributed by atoms with Crippen molar-refractivity contribution in [3.63, 3.8) is 0 Å². The van der Waals surface area contributed by atoms with E-state index in [1.165, 1.54) is 13.3 Å². The van der Waals surface area contributed by atoms with Crippen molar-refractivity contribution in [1.29, 1.82) is 0 Å². The quantitative estimate of drug-likeness (QED) is 0.281. The van der Waals surface area contributed by atoms with Gasteiger partial charge in [0, 0.05) is 10.5 Å². The van der Waals surface area contributed by atoms with Crippen molar-refractivity contribution in [2.24, 2.45) is 5.11 Å². The second-order valence-electron chi connectivity index (χ2n) is 4.41. The minimum Gasteiger partial charge on any atom is -0.616 e. The van der Waals surface area contributed by atoms with Crippen LogP contribution >= 0.6 is 0 Å². The number of hydrogen-bond acceptors (Lipinski definition) is 3. The van der Waals surface area contributed by atoms with Gasteiger partial charge in [0.1, 0.15) is 5.54 Å². The van der Waals surface area contributed by atoms with Gasteiger partial charge in [-0.05, 0) is 24.1 Å². The van der Waals surface area contributed by atoms with Crippen LogP contribution in [-0.4, -0.2) is 7.11 Å². The molecular formula is C14H14N4O2. The first-order chi connectivity index (χ1) is 9.61. The topological polar surface area (TPSA) is 84.9 Å². The molecule has 0 aliphatic heterocycles. The summed E-state index contributed by atoms with van der Waals surface area (Å²) in [6.45, 7) is 1.77. The Labute approximate surface area is 116 Å². The van der Waals surface area contributed by atoms with Crippen LogP contribution in [0.4, 0.5) is 0 Å². The Balaban J connectivity index is 2.59. The van der Waals surface area contributed by atoms with Crippen LogP contribution in [0.25, 0.3) is 10.4 Å². The van der Waals surface area contributed by atoms with Crippen LogP contribution in [0.5, 0.6) is 5.88 Å². The first-order valence-corrected chi connectivity index (χ1v) is 6.01. The van der Waals surface area contributed by atoms with E-state index in [1.54, 1.807) is 19.1 Å². The van der Waals surface area contributed by atoms with Crippen molar-refractivity contribution in [3.8, 4) is 5.88 Å². The average molecular weight is 270 g/mol. The lowest BCUT2D eigenvalue weighted by atomic mass is 9.86. The van der Waals surface area contributed by atoms with Gasteiger partial charge in [-0.2, -0.15) is 0 Å². The van der Waals surface area contributed by atoms with E-state index in [-0.39, 0.29) is 5.88 Å². The summed E-state index contributed by atoms with van der Waals surface area (Å²) in [5.41, 5.74) is 9.30. The maximum Gasteiger partial charge on any atom is 0.379 e. The number of rotatable bonds is 4. The number of pyridine rings is 1. The van der Waals surface area contributed by atoms with E-state index in [9.17, 15) is 5.21 Å². The van der Waals surface area contributed by atoms with E-state index >= 15 is 0 Å². The van der Waals surface area contributed by atoms with Crippen LogP contribution < -0.4 is 9.47 Å². The van der Waals surface area contributed by atoms with E-state index in [0.717, 1.165) is 5.56 Å². The number of azide groups is 1. The standard InChI is InChI=1S/C14H14N4O2/c1-14(16-17-15,11-6-4-3-5-7-11)12-8-9-13(20-2)18(19)10-12/h3-10H,1-2H3. The molecule has 1 aromatic carbocycles. The minimum atomic E-state index is -0.950. The van der Waals surface area contributed by atoms with Gasteiger partial charge in [0.2, 0.25) is 0 Å². The number of nitrogens with zero attached hydrogens (tertiary/aromatic N) is 4. The second-order valence-corrected chi connectivity index (χ2v) is 4.41. The van der Waals surface area contributed by atoms with Gasteiger partial charge in [-0.25, -0.2) is 0 Å². The molecule has 20 heavy (non-hydrogen) atoms. The number of hydrogen-bond donors (Lipinski definition) is 0. The van der Waals surface area contributed by atoms with E-state index < -0.39 is 5.54 Å². The maximum absolute atomic E-state index is 11.8. The molecule has 1 unspecified atom stereocenters. The molecule has 0 fully saturated rings. The van der Waals surface area contributed by atoms with Gasteiger partial charge in [0.15, 0.2) is 6.20 Å². The van der Waals surface area contributed by atoms with Crippen molar-refractivity contribution in [3.05, 3.63) is 75.4 Å². The molecule has 2 aromatic rings. The Morgan fingerprint density at radius 1 is 1.20 bits per heavy atom. The molecule has 0 saturated carbocycles. The molecule has 0 aliphatic carbocycles. The number of benzene rings is 1. The highest BCUT2D eigenvalue weighted by Gasteiger charge is 2.30. The molecule has 0 radical (unpaired) electrons. The summed E-state index contributed by atoms with van der Waals surface area (Å²) in [6.07, 6.45) is 1.36. The summed E-state index contributed by atoms with van der Waals surface area (Å²) >= 11 is 0. The summed E-state index contributed by atoms with van der Waals surface area (Å²) in [5.74, 6) is 0.185. The summed E-state index contributed by atoms with van der Waals surface area (Å²) in [7, 11) is 1.42. The highest BCUT2D eigenvalue weighted by Crippen LogP contribution is 2.33. The van der Waals surface area contributed by atoms with Gasteiger partial charge in [0.05, 0.1) is 13.2 Å². The van der Waals surface area contributed by atoms with Crippen LogP contribution in [-0.2, 0) is 5.54 Å². The maximum atomic E-state index is 11.8. The molecule has 0 amide bonds. The van der Waals surface area contributed by atoms with Crippen molar-refractivity contribution in [2.75, 3.05) is 7.11 Å². The SMILES string of the molecule is COc1ccc(C(C)(N=[N+]=[N-])c2ccccc2)c[n+]1[O-]. The summed E-state index contributed by atoms with van der Waals surface area (Å²) in [6, 6.07) is 12.6. The van der Waals surface area contributed by atoms with Crippen LogP contribution in [0.3, 0.4) is 0 Å². The van der Waals surface area contributed by atoms with Crippen molar-refractivity contribution < 1.29 is 9.47 Å². The monoisotopic (exact) mass is 270 g/mol. The van der Waals surface area contributed by atoms with Gasteiger partial charge in [-0.1, -0.05) is 35.4 Å². The summed E-state index contributed by atoms with van der Waals surface area (Å²) in [5, 5.41) is 15.7. The zero-order valence-corrected chi connectivity index (χ0v) is 11.2. The molecule has 0 saturated heterocycles. The molecule has 1 atom stereocenters. The van der Waals surface area contributed by atoms with Gasteiger partial charge in [-0.15, -0.1) is 4.73 Å². The lowest BCUT2D eigenvalue weighted by molar-refractivity contribution is -0.612. The molecule has 2 rings (SSSR count). The molecule has 0 aliphatic rings. The molecule has 0 bridgehead atoms. The van der Waals surface area contributed by atoms with Gasteiger partial charge < -0.3 is 9.94 Å². The first-order valence-electron chi connectivity index (χ1n) is 6.01. The average Bonchev–Trinajstić information content (AvgIpc) is 2.48. The third-order valence-corrected chi connectivity index (χ3v) is 3.23. The Kier molecular flexibility index (Phi) is 3.77. The number of ether oxygens (including phenoxy) is 1. The molecule has 1 aromatic heterocycles. The molecule has 0 spiro atoms. The second kappa shape index (κ2) is 5.50. The van der Waals surface area contributed by atoms with Crippen LogP contribution in [0.2, 0.25) is 0 Å². The van der Waals surface area contributed by atoms with Crippen molar-refractivity contribution in [2.45, 2.75) is 12.5 Å². The van der Waals surface area contributed by atoms with E-state index in [4.69, 9.17) is 10.3 Å². The van der Waals surface area contributed by atoms with Gasteiger partial charge >= 0.3 is 5.88 Å². The molecule has 0 N–H and O–H groups in total. The highest BCUT2D eigenvalue weighted by molar-refractivity contribution is 5.36. The van der Waals surface area contributed by atoms with Crippen molar-refractivity contribution >= 4 is 0 Å². The highest BCUT2D eigenvalue weighted by atomic mass is 16.5. The molecule has 102 valence electrons. The first kappa shape index (κ1) is 13.7. The summed E-state index contributed by atoms with van der Waals surface area (Å²) < 4.78 is 5.54. The third kappa shape index (κ3) is 2.37. The molecular weight excluding hydrogens is 256 g/mol. The third-order valence-electron chi connectivity index (χ3n) is 3.23. The van der Waals surface area contributed by atoms with E-state index in [2.05, 4.69) is 10.0 Å². The largest absolute Gasteiger partial charge is 0.616 e. The van der Waals surface area contributed by atoms with Crippen molar-refractivity contribution in [1.82, 2.24) is 0 Å². The van der Waals surface area contributed by atoms with E-state index in [1.807, 2.05) is 30.3 Å². The molecule has 6 heteroatoms. The predicted octanol–water partition coefficient (Wildman–Crippen LogP) is 2.90. The Hall–Kier alpha value is -2.72. The fourth-order valence-electron chi connectivity index (χ4n) is 2.05. The molecule has 1 heterocycles. The predicted molar refractivity (Wildman–Crippen MR) is 74.0 cm³/mol. The zero-order valence-electron chi connectivity index (χ0n) is 11.2. The Bertz CT molecular complexity index is 653. The van der Waals surface area contributed by atoms with E-state index in [0.29, 0.717) is 10.3 Å². The van der Waals surface area contributed by atoms with Crippen LogP contribution in [0.1, 0.15) is 18.1 Å². The minimum absolute atomic E-state index is 0.185. The number of methoxy groups -OCH3 is 1. The zero-order chi connectivity index (χ0) is 14.6. The fraction of sp³-hybridized carbons (Fsp3) is 0.214. The molecule has 6 nitrogen and oxygen atoms in total. The number of aromatic nitrogens is 1. The van der Waals surface area contributed by atoms with Crippen LogP contribution in [0.15, 0.2) is 53.8 Å². The Morgan fingerprint density at radius 2 is 1.90 bits per heavy atom. The fourth-order valence-corrected chi connectivity index (χ4v) is 2.05. The van der Waals surface area contributed by atoms with Gasteiger partial charge in [-0.3, -0.25) is 0 Å². The lowest BCUT2D eigenvalue weighted by Crippen LogP contribution is -2.32. The smallest absolute Gasteiger partial charge is 0.379 e. The van der Waals surface area contributed by atoms with Crippen LogP contribution in [0, 0.1) is 5.21 Å². The normalized spacial score (nSPS) is 13.1. The summed E-state index contributed by atoms with van der Waals surface area (Å²) in [4.78, 5) is 2.92.